The number of carbonyl (C=O) groups excluding carboxylic acids is 1. The van der Waals surface area contributed by atoms with E-state index in [2.05, 4.69) is 25.5 Å². The fraction of sp³-hybridized carbons (Fsp3) is 0.562. The Kier molecular flexibility index (Phi) is 5.07. The third-order valence-electron chi connectivity index (χ3n) is 4.23. The van der Waals surface area contributed by atoms with Crippen molar-refractivity contribution in [3.63, 3.8) is 0 Å². The van der Waals surface area contributed by atoms with Crippen LogP contribution in [0.2, 0.25) is 0 Å². The van der Waals surface area contributed by atoms with Crippen molar-refractivity contribution in [1.82, 2.24) is 25.0 Å². The molecule has 1 saturated heterocycles. The van der Waals surface area contributed by atoms with E-state index in [1.165, 1.54) is 0 Å². The lowest BCUT2D eigenvalue weighted by Gasteiger charge is -2.21. The molecule has 1 aliphatic rings. The summed E-state index contributed by atoms with van der Waals surface area (Å²) in [7, 11) is 0. The molecule has 0 radical (unpaired) electrons. The number of rotatable bonds is 4. The zero-order chi connectivity index (χ0) is 16.2. The van der Waals surface area contributed by atoms with Crippen LogP contribution in [0.4, 0.5) is 0 Å². The van der Waals surface area contributed by atoms with Crippen molar-refractivity contribution in [2.75, 3.05) is 26.2 Å². The molecule has 0 atom stereocenters. The second kappa shape index (κ2) is 7.23. The summed E-state index contributed by atoms with van der Waals surface area (Å²) >= 11 is 1.69. The lowest BCUT2D eigenvalue weighted by Crippen LogP contribution is -2.35. The Morgan fingerprint density at radius 2 is 2.22 bits per heavy atom. The Labute approximate surface area is 140 Å². The highest BCUT2D eigenvalue weighted by Crippen LogP contribution is 2.15. The van der Waals surface area contributed by atoms with Crippen LogP contribution in [0.3, 0.4) is 0 Å². The van der Waals surface area contributed by atoms with Gasteiger partial charge >= 0.3 is 0 Å². The van der Waals surface area contributed by atoms with Crippen molar-refractivity contribution in [3.05, 3.63) is 33.5 Å². The highest BCUT2D eigenvalue weighted by Gasteiger charge is 2.23. The Hall–Kier alpha value is -1.73. The van der Waals surface area contributed by atoms with E-state index in [4.69, 9.17) is 0 Å². The Morgan fingerprint density at radius 3 is 2.96 bits per heavy atom. The first-order chi connectivity index (χ1) is 11.2. The predicted octanol–water partition coefficient (Wildman–Crippen LogP) is 2.09. The summed E-state index contributed by atoms with van der Waals surface area (Å²) in [5.74, 6) is 0.0990. The maximum absolute atomic E-state index is 12.7. The summed E-state index contributed by atoms with van der Waals surface area (Å²) in [6.07, 6.45) is 3.44. The molecule has 2 aromatic heterocycles. The lowest BCUT2D eigenvalue weighted by atomic mass is 10.2. The molecule has 0 unspecified atom stereocenters. The largest absolute Gasteiger partial charge is 0.337 e. The number of nitrogens with one attached hydrogen (secondary N) is 1. The summed E-state index contributed by atoms with van der Waals surface area (Å²) in [5.41, 5.74) is 2.78. The van der Waals surface area contributed by atoms with Crippen LogP contribution in [0.15, 0.2) is 11.6 Å². The van der Waals surface area contributed by atoms with Gasteiger partial charge in [-0.2, -0.15) is 5.10 Å². The zero-order valence-corrected chi connectivity index (χ0v) is 14.5. The number of aryl methyl sites for hydroxylation is 2. The van der Waals surface area contributed by atoms with Gasteiger partial charge in [-0.25, -0.2) is 4.98 Å². The van der Waals surface area contributed by atoms with Gasteiger partial charge < -0.3 is 4.90 Å². The van der Waals surface area contributed by atoms with E-state index in [0.717, 1.165) is 67.5 Å². The van der Waals surface area contributed by atoms with Crippen LogP contribution >= 0.6 is 11.3 Å². The molecule has 1 amide bonds. The van der Waals surface area contributed by atoms with E-state index in [-0.39, 0.29) is 5.91 Å². The minimum Gasteiger partial charge on any atom is -0.337 e. The molecule has 1 aliphatic heterocycles. The molecule has 6 nitrogen and oxygen atoms in total. The molecule has 0 bridgehead atoms. The first-order valence-corrected chi connectivity index (χ1v) is 9.00. The van der Waals surface area contributed by atoms with Crippen molar-refractivity contribution >= 4 is 17.2 Å². The normalized spacial score (nSPS) is 16.5. The fourth-order valence-electron chi connectivity index (χ4n) is 2.98. The van der Waals surface area contributed by atoms with Crippen LogP contribution in [0.1, 0.15) is 40.1 Å². The number of hydrogen-bond donors (Lipinski definition) is 1. The number of H-pyrrole nitrogens is 1. The number of thiazole rings is 1. The lowest BCUT2D eigenvalue weighted by molar-refractivity contribution is 0.0760. The molecule has 2 aromatic rings. The number of amides is 1. The molecule has 0 spiro atoms. The number of carbonyl (C=O) groups is 1. The van der Waals surface area contributed by atoms with Gasteiger partial charge in [0.05, 0.1) is 22.5 Å². The monoisotopic (exact) mass is 333 g/mol. The standard InChI is InChI=1S/C16H23N5OS/c1-3-15-14(9-17-19-15)16(22)21-6-4-5-20(7-8-21)10-13-11-23-12(2)18-13/h9,11H,3-8,10H2,1-2H3,(H,17,19). The van der Waals surface area contributed by atoms with E-state index in [1.54, 1.807) is 17.5 Å². The first kappa shape index (κ1) is 16.1. The molecule has 0 aliphatic carbocycles. The number of nitrogens with zero attached hydrogens (tertiary/aromatic N) is 4. The quantitative estimate of drug-likeness (QED) is 0.930. The van der Waals surface area contributed by atoms with Gasteiger partial charge in [0.1, 0.15) is 0 Å². The maximum Gasteiger partial charge on any atom is 0.257 e. The average molecular weight is 333 g/mol. The summed E-state index contributed by atoms with van der Waals surface area (Å²) < 4.78 is 0. The third kappa shape index (κ3) is 3.79. The Bertz CT molecular complexity index is 665. The van der Waals surface area contributed by atoms with Gasteiger partial charge in [-0.3, -0.25) is 14.8 Å². The van der Waals surface area contributed by atoms with Crippen LogP contribution in [0.25, 0.3) is 0 Å². The van der Waals surface area contributed by atoms with Gasteiger partial charge in [-0.15, -0.1) is 11.3 Å². The van der Waals surface area contributed by atoms with E-state index >= 15 is 0 Å². The molecular weight excluding hydrogens is 310 g/mol. The van der Waals surface area contributed by atoms with E-state index < -0.39 is 0 Å². The van der Waals surface area contributed by atoms with Gasteiger partial charge in [-0.1, -0.05) is 6.92 Å². The van der Waals surface area contributed by atoms with Gasteiger partial charge in [-0.05, 0) is 19.8 Å². The van der Waals surface area contributed by atoms with Gasteiger partial charge in [0, 0.05) is 43.8 Å². The highest BCUT2D eigenvalue weighted by molar-refractivity contribution is 7.09. The molecule has 0 saturated carbocycles. The number of aromatic nitrogens is 3. The first-order valence-electron chi connectivity index (χ1n) is 8.12. The molecule has 1 N–H and O–H groups in total. The van der Waals surface area contributed by atoms with Gasteiger partial charge in [0.2, 0.25) is 0 Å². The molecule has 124 valence electrons. The summed E-state index contributed by atoms with van der Waals surface area (Å²) in [5, 5.41) is 10.2. The summed E-state index contributed by atoms with van der Waals surface area (Å²) in [6.45, 7) is 8.40. The van der Waals surface area contributed by atoms with E-state index in [9.17, 15) is 4.79 Å². The van der Waals surface area contributed by atoms with Crippen LogP contribution in [0, 0.1) is 6.92 Å². The second-order valence-electron chi connectivity index (χ2n) is 5.90. The molecule has 3 rings (SSSR count). The molecule has 3 heterocycles. The highest BCUT2D eigenvalue weighted by atomic mass is 32.1. The minimum absolute atomic E-state index is 0.0990. The van der Waals surface area contributed by atoms with Gasteiger partial charge in [0.15, 0.2) is 0 Å². The van der Waals surface area contributed by atoms with Crippen LogP contribution in [-0.4, -0.2) is 57.1 Å². The number of aromatic amines is 1. The van der Waals surface area contributed by atoms with Gasteiger partial charge in [0.25, 0.3) is 5.91 Å². The Balaban J connectivity index is 1.61. The van der Waals surface area contributed by atoms with E-state index in [0.29, 0.717) is 0 Å². The molecule has 7 heteroatoms. The van der Waals surface area contributed by atoms with Crippen LogP contribution in [-0.2, 0) is 13.0 Å². The number of hydrogen-bond acceptors (Lipinski definition) is 5. The summed E-state index contributed by atoms with van der Waals surface area (Å²) in [4.78, 5) is 21.6. The maximum atomic E-state index is 12.7. The molecule has 0 aromatic carbocycles. The second-order valence-corrected chi connectivity index (χ2v) is 6.96. The van der Waals surface area contributed by atoms with Crippen LogP contribution in [0.5, 0.6) is 0 Å². The van der Waals surface area contributed by atoms with Crippen molar-refractivity contribution in [2.24, 2.45) is 0 Å². The predicted molar refractivity (Wildman–Crippen MR) is 90.6 cm³/mol. The smallest absolute Gasteiger partial charge is 0.257 e. The zero-order valence-electron chi connectivity index (χ0n) is 13.7. The van der Waals surface area contributed by atoms with Crippen molar-refractivity contribution < 1.29 is 4.79 Å². The Morgan fingerprint density at radius 1 is 1.35 bits per heavy atom. The molecule has 1 fully saturated rings. The van der Waals surface area contributed by atoms with E-state index in [1.807, 2.05) is 18.7 Å². The summed E-state index contributed by atoms with van der Waals surface area (Å²) in [6, 6.07) is 0. The van der Waals surface area contributed by atoms with Crippen molar-refractivity contribution in [3.8, 4) is 0 Å². The molecular formula is C16H23N5OS. The third-order valence-corrected chi connectivity index (χ3v) is 5.05. The molecule has 23 heavy (non-hydrogen) atoms. The fourth-order valence-corrected chi connectivity index (χ4v) is 3.58. The average Bonchev–Trinajstić information content (AvgIpc) is 3.11. The van der Waals surface area contributed by atoms with Crippen LogP contribution < -0.4 is 0 Å². The minimum atomic E-state index is 0.0990. The SMILES string of the molecule is CCc1[nH]ncc1C(=O)N1CCCN(Cc2csc(C)n2)CC1. The van der Waals surface area contributed by atoms with Crippen molar-refractivity contribution in [2.45, 2.75) is 33.2 Å². The van der Waals surface area contributed by atoms with Crippen molar-refractivity contribution in [1.29, 1.82) is 0 Å². The topological polar surface area (TPSA) is 65.1 Å².